The highest BCUT2D eigenvalue weighted by Crippen LogP contribution is 2.33. The minimum Gasteiger partial charge on any atom is -0.415 e. The fourth-order valence-electron chi connectivity index (χ4n) is 2.50. The molecule has 0 radical (unpaired) electrons. The second kappa shape index (κ2) is 8.55. The van der Waals surface area contributed by atoms with Crippen molar-refractivity contribution < 1.29 is 39.8 Å². The van der Waals surface area contributed by atoms with Gasteiger partial charge in [-0.3, -0.25) is 9.52 Å². The quantitative estimate of drug-likeness (QED) is 0.494. The maximum atomic E-state index is 14.0. The molecule has 31 heavy (non-hydrogen) atoms. The van der Waals surface area contributed by atoms with Gasteiger partial charge in [0, 0.05) is 28.1 Å². The molecule has 3 aromatic rings. The third kappa shape index (κ3) is 4.96. The number of ether oxygens (including phenoxy) is 2. The number of H-pyrrole nitrogens is 1. The summed E-state index contributed by atoms with van der Waals surface area (Å²) in [5.41, 5.74) is -1.60. The standard InChI is InChI=1S/C16H9ClF5N3O5S/c17-6-1-2-7-8(3-6)12(26)23-5-11(7)31(27,28)25-10-4-9(18)13(29-15(19)20)24-14(10)30-16(21)22/h1-5,15-16,25H,(H,23,26). The first-order valence-corrected chi connectivity index (χ1v) is 9.78. The van der Waals surface area contributed by atoms with E-state index in [0.717, 1.165) is 6.20 Å². The van der Waals surface area contributed by atoms with Crippen LogP contribution in [-0.2, 0) is 10.0 Å². The molecule has 8 nitrogen and oxygen atoms in total. The Morgan fingerprint density at radius 3 is 2.32 bits per heavy atom. The van der Waals surface area contributed by atoms with Gasteiger partial charge in [-0.1, -0.05) is 17.7 Å². The summed E-state index contributed by atoms with van der Waals surface area (Å²) in [5.74, 6) is -4.21. The van der Waals surface area contributed by atoms with Gasteiger partial charge in [-0.05, 0) is 12.1 Å². The van der Waals surface area contributed by atoms with Crippen molar-refractivity contribution in [2.45, 2.75) is 18.1 Å². The van der Waals surface area contributed by atoms with Gasteiger partial charge in [0.1, 0.15) is 10.6 Å². The number of aromatic amines is 1. The first-order valence-electron chi connectivity index (χ1n) is 7.92. The van der Waals surface area contributed by atoms with E-state index in [2.05, 4.69) is 19.4 Å². The van der Waals surface area contributed by atoms with Gasteiger partial charge in [-0.15, -0.1) is 0 Å². The van der Waals surface area contributed by atoms with Crippen LogP contribution >= 0.6 is 11.6 Å². The lowest BCUT2D eigenvalue weighted by Crippen LogP contribution is -2.19. The highest BCUT2D eigenvalue weighted by molar-refractivity contribution is 7.93. The van der Waals surface area contributed by atoms with Crippen LogP contribution in [0.2, 0.25) is 5.02 Å². The summed E-state index contributed by atoms with van der Waals surface area (Å²) in [5, 5.41) is -0.0681. The van der Waals surface area contributed by atoms with Gasteiger partial charge in [0.05, 0.1) is 0 Å². The molecule has 3 rings (SSSR count). The zero-order chi connectivity index (χ0) is 22.9. The Morgan fingerprint density at radius 2 is 1.68 bits per heavy atom. The maximum Gasteiger partial charge on any atom is 0.388 e. The van der Waals surface area contributed by atoms with Crippen LogP contribution in [0.25, 0.3) is 10.8 Å². The summed E-state index contributed by atoms with van der Waals surface area (Å²) in [6.07, 6.45) is 0.812. The molecule has 0 bridgehead atoms. The van der Waals surface area contributed by atoms with Crippen LogP contribution in [0.1, 0.15) is 0 Å². The molecule has 2 heterocycles. The number of nitrogens with one attached hydrogen (secondary N) is 2. The number of rotatable bonds is 7. The van der Waals surface area contributed by atoms with E-state index in [9.17, 15) is 35.2 Å². The Bertz CT molecular complexity index is 1300. The summed E-state index contributed by atoms with van der Waals surface area (Å²) in [6, 6.07) is 3.98. The molecule has 2 aromatic heterocycles. The Labute approximate surface area is 174 Å². The minimum absolute atomic E-state index is 0.0944. The molecule has 0 atom stereocenters. The molecule has 0 spiro atoms. The van der Waals surface area contributed by atoms with Gasteiger partial charge in [0.25, 0.3) is 21.5 Å². The molecule has 166 valence electrons. The topological polar surface area (TPSA) is 110 Å². The highest BCUT2D eigenvalue weighted by Gasteiger charge is 2.25. The average molecular weight is 486 g/mol. The lowest BCUT2D eigenvalue weighted by atomic mass is 10.2. The van der Waals surface area contributed by atoms with Crippen LogP contribution in [0.4, 0.5) is 27.6 Å². The van der Waals surface area contributed by atoms with Crippen molar-refractivity contribution in [2.24, 2.45) is 0 Å². The van der Waals surface area contributed by atoms with E-state index in [-0.39, 0.29) is 21.9 Å². The number of hydrogen-bond acceptors (Lipinski definition) is 6. The molecule has 0 aliphatic rings. The number of benzene rings is 1. The second-order valence-corrected chi connectivity index (χ2v) is 7.75. The number of pyridine rings is 2. The molecule has 0 saturated heterocycles. The summed E-state index contributed by atoms with van der Waals surface area (Å²) in [7, 11) is -4.66. The van der Waals surface area contributed by atoms with Crippen LogP contribution in [0.5, 0.6) is 11.8 Å². The third-order valence-corrected chi connectivity index (χ3v) is 5.31. The average Bonchev–Trinajstić information content (AvgIpc) is 2.65. The van der Waals surface area contributed by atoms with E-state index in [1.54, 1.807) is 4.72 Å². The van der Waals surface area contributed by atoms with E-state index in [1.165, 1.54) is 18.2 Å². The largest absolute Gasteiger partial charge is 0.415 e. The van der Waals surface area contributed by atoms with E-state index in [4.69, 9.17) is 11.6 Å². The SMILES string of the molecule is O=c1[nH]cc(S(=O)(=O)Nc2cc(F)c(OC(F)F)nc2OC(F)F)c2ccc(Cl)cc12. The summed E-state index contributed by atoms with van der Waals surface area (Å²) in [6.45, 7) is -7.10. The number of halogens is 6. The molecule has 0 aliphatic heterocycles. The molecule has 0 saturated carbocycles. The Morgan fingerprint density at radius 1 is 1.03 bits per heavy atom. The zero-order valence-corrected chi connectivity index (χ0v) is 16.3. The number of fused-ring (bicyclic) bond motifs is 1. The van der Waals surface area contributed by atoms with Crippen LogP contribution in [0.3, 0.4) is 0 Å². The lowest BCUT2D eigenvalue weighted by molar-refractivity contribution is -0.0616. The minimum atomic E-state index is -4.66. The van der Waals surface area contributed by atoms with Crippen molar-refractivity contribution in [3.05, 3.63) is 51.7 Å². The van der Waals surface area contributed by atoms with Crippen LogP contribution in [0.15, 0.2) is 40.2 Å². The smallest absolute Gasteiger partial charge is 0.388 e. The lowest BCUT2D eigenvalue weighted by Gasteiger charge is -2.15. The van der Waals surface area contributed by atoms with Gasteiger partial charge in [0.2, 0.25) is 5.88 Å². The first kappa shape index (κ1) is 22.6. The molecular weight excluding hydrogens is 477 g/mol. The summed E-state index contributed by atoms with van der Waals surface area (Å²) in [4.78, 5) is 16.6. The molecule has 0 unspecified atom stereocenters. The molecule has 0 fully saturated rings. The van der Waals surface area contributed by atoms with E-state index in [0.29, 0.717) is 0 Å². The van der Waals surface area contributed by atoms with Gasteiger partial charge in [-0.25, -0.2) is 12.8 Å². The van der Waals surface area contributed by atoms with E-state index < -0.39 is 57.0 Å². The van der Waals surface area contributed by atoms with E-state index in [1.807, 2.05) is 0 Å². The maximum absolute atomic E-state index is 14.0. The summed E-state index contributed by atoms with van der Waals surface area (Å²) < 4.78 is 99.1. The molecule has 15 heteroatoms. The Balaban J connectivity index is 2.11. The van der Waals surface area contributed by atoms with Crippen molar-refractivity contribution in [1.82, 2.24) is 9.97 Å². The van der Waals surface area contributed by atoms with E-state index >= 15 is 0 Å². The monoisotopic (exact) mass is 485 g/mol. The molecular formula is C16H9ClF5N3O5S. The fourth-order valence-corrected chi connectivity index (χ4v) is 3.90. The molecule has 2 N–H and O–H groups in total. The third-order valence-electron chi connectivity index (χ3n) is 3.67. The number of alkyl halides is 4. The number of hydrogen-bond donors (Lipinski definition) is 2. The number of nitrogens with zero attached hydrogens (tertiary/aromatic N) is 1. The van der Waals surface area contributed by atoms with Gasteiger partial charge < -0.3 is 14.5 Å². The second-order valence-electron chi connectivity index (χ2n) is 5.66. The van der Waals surface area contributed by atoms with Gasteiger partial charge >= 0.3 is 13.2 Å². The van der Waals surface area contributed by atoms with Crippen LogP contribution in [0, 0.1) is 5.82 Å². The predicted molar refractivity (Wildman–Crippen MR) is 97.8 cm³/mol. The van der Waals surface area contributed by atoms with Gasteiger partial charge in [-0.2, -0.15) is 22.5 Å². The highest BCUT2D eigenvalue weighted by atomic mass is 35.5. The predicted octanol–water partition coefficient (Wildman–Crippen LogP) is 3.72. The van der Waals surface area contributed by atoms with Gasteiger partial charge in [0.15, 0.2) is 5.82 Å². The Hall–Kier alpha value is -3.13. The van der Waals surface area contributed by atoms with Crippen molar-refractivity contribution in [3.63, 3.8) is 0 Å². The summed E-state index contributed by atoms with van der Waals surface area (Å²) >= 11 is 5.80. The normalized spacial score (nSPS) is 11.9. The van der Waals surface area contributed by atoms with Crippen molar-refractivity contribution in [1.29, 1.82) is 0 Å². The first-order chi connectivity index (χ1) is 14.5. The number of aromatic nitrogens is 2. The zero-order valence-electron chi connectivity index (χ0n) is 14.7. The van der Waals surface area contributed by atoms with Crippen LogP contribution < -0.4 is 19.8 Å². The number of anilines is 1. The van der Waals surface area contributed by atoms with Crippen molar-refractivity contribution >= 4 is 38.1 Å². The Kier molecular flexibility index (Phi) is 6.22. The van der Waals surface area contributed by atoms with Crippen molar-refractivity contribution in [3.8, 4) is 11.8 Å². The number of sulfonamides is 1. The molecule has 0 amide bonds. The molecule has 0 aliphatic carbocycles. The fraction of sp³-hybridized carbons (Fsp3) is 0.125. The van der Waals surface area contributed by atoms with Crippen LogP contribution in [-0.4, -0.2) is 31.6 Å². The molecule has 1 aromatic carbocycles. The van der Waals surface area contributed by atoms with Crippen molar-refractivity contribution in [2.75, 3.05) is 4.72 Å².